The number of aromatic nitrogens is 1. The molecule has 1 aliphatic rings. The van der Waals surface area contributed by atoms with Crippen molar-refractivity contribution in [2.75, 3.05) is 13.2 Å². The first-order chi connectivity index (χ1) is 24.7. The largest absolute Gasteiger partial charge is 0.506 e. The molecule has 2 aromatic heterocycles. The van der Waals surface area contributed by atoms with E-state index < -0.39 is 11.9 Å². The molecule has 1 N–H and O–H groups in total. The zero-order chi connectivity index (χ0) is 35.9. The number of phenols is 1. The molecule has 0 unspecified atom stereocenters. The first kappa shape index (κ1) is 35.7. The van der Waals surface area contributed by atoms with E-state index in [2.05, 4.69) is 17.6 Å². The van der Waals surface area contributed by atoms with E-state index in [1.807, 2.05) is 26.0 Å². The monoisotopic (exact) mass is 711 g/mol. The molecule has 0 bridgehead atoms. The van der Waals surface area contributed by atoms with Crippen LogP contribution in [0.4, 0.5) is 0 Å². The molecular weight excluding hydrogens is 671 g/mol. The number of hydrogen-bond acceptors (Lipinski definition) is 11. The summed E-state index contributed by atoms with van der Waals surface area (Å²) in [5.74, 6) is 0.0711. The minimum absolute atomic E-state index is 0.00566. The van der Waals surface area contributed by atoms with Crippen molar-refractivity contribution in [3.05, 3.63) is 83.9 Å². The number of phenolic OH excluding ortho intramolecular Hbond substituents is 1. The van der Waals surface area contributed by atoms with Gasteiger partial charge in [0.25, 0.3) is 0 Å². The van der Waals surface area contributed by atoms with E-state index in [0.717, 1.165) is 53.9 Å². The Labute approximate surface area is 300 Å². The lowest BCUT2D eigenvalue weighted by molar-refractivity contribution is -0.140. The Balaban J connectivity index is 0.964. The molecular formula is C40H41NO9S. The second-order valence-electron chi connectivity index (χ2n) is 12.8. The van der Waals surface area contributed by atoms with Gasteiger partial charge in [-0.15, -0.1) is 11.3 Å². The second kappa shape index (κ2) is 16.2. The van der Waals surface area contributed by atoms with Crippen LogP contribution in [0.3, 0.4) is 0 Å². The van der Waals surface area contributed by atoms with Crippen LogP contribution in [0.2, 0.25) is 0 Å². The quantitative estimate of drug-likeness (QED) is 0.0515. The van der Waals surface area contributed by atoms with Crippen LogP contribution in [0.15, 0.2) is 71.7 Å². The molecule has 0 saturated heterocycles. The first-order valence-electron chi connectivity index (χ1n) is 17.3. The average molecular weight is 712 g/mol. The van der Waals surface area contributed by atoms with Gasteiger partial charge < -0.3 is 28.5 Å². The summed E-state index contributed by atoms with van der Waals surface area (Å²) in [6, 6.07) is 16.0. The van der Waals surface area contributed by atoms with E-state index in [9.17, 15) is 19.5 Å². The molecule has 10 nitrogen and oxygen atoms in total. The SMILES string of the molecule is C=CC(=O)OCCCCCCOc1ccc(C(=O)OC2CCC(C(=O)Oc3ccc(O)c4nc(-c5cc6c(C)cc(C)cc6o5)sc34)CC2)cc1. The van der Waals surface area contributed by atoms with E-state index in [0.29, 0.717) is 76.9 Å². The highest BCUT2D eigenvalue weighted by molar-refractivity contribution is 7.22. The number of unbranched alkanes of at least 4 members (excludes halogenated alkanes) is 3. The van der Waals surface area contributed by atoms with Gasteiger partial charge in [-0.25, -0.2) is 14.6 Å². The van der Waals surface area contributed by atoms with Crippen molar-refractivity contribution >= 4 is 50.4 Å². The molecule has 1 saturated carbocycles. The van der Waals surface area contributed by atoms with Crippen molar-refractivity contribution in [1.29, 1.82) is 0 Å². The number of carbonyl (C=O) groups excluding carboxylic acids is 3. The maximum absolute atomic E-state index is 13.3. The fourth-order valence-electron chi connectivity index (χ4n) is 6.24. The Morgan fingerprint density at radius 3 is 2.45 bits per heavy atom. The van der Waals surface area contributed by atoms with Gasteiger partial charge in [0.05, 0.1) is 24.7 Å². The highest BCUT2D eigenvalue weighted by atomic mass is 32.1. The predicted octanol–water partition coefficient (Wildman–Crippen LogP) is 9.02. The fourth-order valence-corrected chi connectivity index (χ4v) is 7.23. The third kappa shape index (κ3) is 8.78. The molecule has 6 rings (SSSR count). The molecule has 51 heavy (non-hydrogen) atoms. The first-order valence-corrected chi connectivity index (χ1v) is 18.1. The van der Waals surface area contributed by atoms with Crippen LogP contribution in [0.25, 0.3) is 32.0 Å². The van der Waals surface area contributed by atoms with Crippen molar-refractivity contribution in [3.63, 3.8) is 0 Å². The topological polar surface area (TPSA) is 134 Å². The highest BCUT2D eigenvalue weighted by Gasteiger charge is 2.31. The number of ether oxygens (including phenoxy) is 4. The maximum atomic E-state index is 13.3. The van der Waals surface area contributed by atoms with Gasteiger partial charge in [-0.3, -0.25) is 4.79 Å². The molecule has 5 aromatic rings. The van der Waals surface area contributed by atoms with E-state index in [1.165, 1.54) is 17.4 Å². The number of furan rings is 1. The zero-order valence-corrected chi connectivity index (χ0v) is 29.6. The van der Waals surface area contributed by atoms with Crippen molar-refractivity contribution < 1.29 is 42.9 Å². The third-order valence-corrected chi connectivity index (χ3v) is 10.1. The summed E-state index contributed by atoms with van der Waals surface area (Å²) in [6.07, 6.45) is 6.55. The number of hydrogen-bond donors (Lipinski definition) is 1. The molecule has 0 aliphatic heterocycles. The van der Waals surface area contributed by atoms with Crippen LogP contribution in [0.1, 0.15) is 72.9 Å². The number of esters is 3. The number of rotatable bonds is 14. The lowest BCUT2D eigenvalue weighted by atomic mass is 9.87. The van der Waals surface area contributed by atoms with Crippen LogP contribution in [0.5, 0.6) is 17.2 Å². The smallest absolute Gasteiger partial charge is 0.338 e. The normalized spacial score (nSPS) is 15.8. The van der Waals surface area contributed by atoms with E-state index >= 15 is 0 Å². The predicted molar refractivity (Wildman–Crippen MR) is 194 cm³/mol. The second-order valence-corrected chi connectivity index (χ2v) is 13.8. The van der Waals surface area contributed by atoms with Crippen LogP contribution >= 0.6 is 11.3 Å². The molecule has 266 valence electrons. The Bertz CT molecular complexity index is 2040. The standard InChI is InChI=1S/C40H41NO9S/c1-4-35(43)47-20-8-6-5-7-19-46-28-13-9-26(10-14-28)39(44)48-29-15-11-27(12-16-29)40(45)50-32-18-17-31(42)36-37(32)51-38(41-36)34-23-30-25(3)21-24(2)22-33(30)49-34/h4,9-10,13-14,17-18,21-23,27,29,42H,1,5-8,11-12,15-16,19-20H2,2-3H3. The Kier molecular flexibility index (Phi) is 11.4. The molecule has 0 radical (unpaired) electrons. The van der Waals surface area contributed by atoms with Gasteiger partial charge in [0, 0.05) is 11.5 Å². The van der Waals surface area contributed by atoms with Crippen LogP contribution in [-0.4, -0.2) is 47.3 Å². The van der Waals surface area contributed by atoms with E-state index in [4.69, 9.17) is 23.4 Å². The van der Waals surface area contributed by atoms with Gasteiger partial charge in [-0.1, -0.05) is 12.6 Å². The highest BCUT2D eigenvalue weighted by Crippen LogP contribution is 2.42. The summed E-state index contributed by atoms with van der Waals surface area (Å²) in [4.78, 5) is 41.8. The number of fused-ring (bicyclic) bond motifs is 2. The lowest BCUT2D eigenvalue weighted by Crippen LogP contribution is -2.30. The zero-order valence-electron chi connectivity index (χ0n) is 28.8. The van der Waals surface area contributed by atoms with Crippen molar-refractivity contribution in [3.8, 4) is 28.0 Å². The minimum Gasteiger partial charge on any atom is -0.506 e. The summed E-state index contributed by atoms with van der Waals surface area (Å²) >= 11 is 1.30. The number of benzene rings is 3. The van der Waals surface area contributed by atoms with Gasteiger partial charge in [0.2, 0.25) is 0 Å². The van der Waals surface area contributed by atoms with E-state index in [1.54, 1.807) is 30.3 Å². The number of aryl methyl sites for hydroxylation is 2. The fraction of sp³-hybridized carbons (Fsp3) is 0.350. The molecule has 1 fully saturated rings. The van der Waals surface area contributed by atoms with Crippen molar-refractivity contribution in [2.45, 2.75) is 71.3 Å². The van der Waals surface area contributed by atoms with Gasteiger partial charge in [-0.2, -0.15) is 0 Å². The Morgan fingerprint density at radius 1 is 0.961 bits per heavy atom. The summed E-state index contributed by atoms with van der Waals surface area (Å²) in [5.41, 5.74) is 3.76. The Morgan fingerprint density at radius 2 is 1.71 bits per heavy atom. The third-order valence-electron chi connectivity index (χ3n) is 8.99. The molecule has 3 aromatic carbocycles. The van der Waals surface area contributed by atoms with Crippen LogP contribution < -0.4 is 9.47 Å². The number of thiazole rings is 1. The molecule has 0 amide bonds. The van der Waals surface area contributed by atoms with Gasteiger partial charge >= 0.3 is 17.9 Å². The number of carbonyl (C=O) groups is 3. The number of aromatic hydroxyl groups is 1. The van der Waals surface area contributed by atoms with Gasteiger partial charge in [0.15, 0.2) is 16.5 Å². The molecule has 0 atom stereocenters. The summed E-state index contributed by atoms with van der Waals surface area (Å²) in [7, 11) is 0. The lowest BCUT2D eigenvalue weighted by Gasteiger charge is -2.27. The van der Waals surface area contributed by atoms with E-state index in [-0.39, 0.29) is 23.7 Å². The Hall–Kier alpha value is -5.16. The summed E-state index contributed by atoms with van der Waals surface area (Å²) < 4.78 is 29.1. The molecule has 11 heteroatoms. The van der Waals surface area contributed by atoms with Crippen LogP contribution in [0, 0.1) is 19.8 Å². The summed E-state index contributed by atoms with van der Waals surface area (Å²) in [6.45, 7) is 8.36. The number of nitrogens with zero attached hydrogens (tertiary/aromatic N) is 1. The van der Waals surface area contributed by atoms with Crippen LogP contribution in [-0.2, 0) is 19.1 Å². The average Bonchev–Trinajstić information content (AvgIpc) is 3.77. The molecule has 0 spiro atoms. The van der Waals surface area contributed by atoms with Crippen molar-refractivity contribution in [1.82, 2.24) is 4.98 Å². The van der Waals surface area contributed by atoms with Gasteiger partial charge in [-0.05, 0) is 125 Å². The minimum atomic E-state index is -0.410. The molecule has 2 heterocycles. The maximum Gasteiger partial charge on any atom is 0.338 e. The summed E-state index contributed by atoms with van der Waals surface area (Å²) in [5, 5.41) is 12.1. The van der Waals surface area contributed by atoms with Crippen molar-refractivity contribution in [2.24, 2.45) is 5.92 Å². The van der Waals surface area contributed by atoms with Gasteiger partial charge in [0.1, 0.15) is 33.4 Å². The molecule has 1 aliphatic carbocycles.